The van der Waals surface area contributed by atoms with Crippen molar-refractivity contribution in [3.63, 3.8) is 0 Å². The molecular formula is C17H18N2O3. The molecule has 1 atom stereocenters. The summed E-state index contributed by atoms with van der Waals surface area (Å²) in [6.07, 6.45) is 3.71. The van der Waals surface area contributed by atoms with Crippen molar-refractivity contribution in [2.45, 2.75) is 13.3 Å². The summed E-state index contributed by atoms with van der Waals surface area (Å²) >= 11 is 0. The molecule has 3 rings (SSSR count). The zero-order valence-electron chi connectivity index (χ0n) is 12.5. The van der Waals surface area contributed by atoms with Gasteiger partial charge in [0.05, 0.1) is 12.2 Å². The van der Waals surface area contributed by atoms with E-state index in [2.05, 4.69) is 4.98 Å². The number of hydrogen-bond acceptors (Lipinski definition) is 4. The molecule has 1 aliphatic heterocycles. The van der Waals surface area contributed by atoms with E-state index in [-0.39, 0.29) is 24.4 Å². The quantitative estimate of drug-likeness (QED) is 0.812. The Hall–Kier alpha value is -2.43. The fourth-order valence-electron chi connectivity index (χ4n) is 2.82. The molecule has 2 aromatic rings. The number of ether oxygens (including phenoxy) is 1. The predicted octanol–water partition coefficient (Wildman–Crippen LogP) is 2.26. The van der Waals surface area contributed by atoms with E-state index in [0.29, 0.717) is 25.1 Å². The second kappa shape index (κ2) is 6.13. The van der Waals surface area contributed by atoms with E-state index >= 15 is 0 Å². The lowest BCUT2D eigenvalue weighted by molar-refractivity contribution is -0.127. The zero-order chi connectivity index (χ0) is 15.5. The van der Waals surface area contributed by atoms with E-state index in [4.69, 9.17) is 4.74 Å². The Morgan fingerprint density at radius 1 is 1.36 bits per heavy atom. The van der Waals surface area contributed by atoms with Gasteiger partial charge in [0.25, 0.3) is 0 Å². The summed E-state index contributed by atoms with van der Waals surface area (Å²) in [5.74, 6) is -0.165. The summed E-state index contributed by atoms with van der Waals surface area (Å²) in [6, 6.07) is 7.58. The highest BCUT2D eigenvalue weighted by Gasteiger charge is 2.29. The number of esters is 1. The van der Waals surface area contributed by atoms with Gasteiger partial charge in [-0.05, 0) is 12.3 Å². The van der Waals surface area contributed by atoms with Crippen LogP contribution in [-0.4, -0.2) is 41.5 Å². The molecule has 1 aromatic heterocycles. The molecular weight excluding hydrogens is 280 g/mol. The molecule has 1 aromatic carbocycles. The largest absolute Gasteiger partial charge is 0.462 e. The van der Waals surface area contributed by atoms with Gasteiger partial charge < -0.3 is 9.64 Å². The third-order valence-corrected chi connectivity index (χ3v) is 4.01. The number of rotatable bonds is 4. The van der Waals surface area contributed by atoms with Crippen LogP contribution in [0.1, 0.15) is 23.7 Å². The summed E-state index contributed by atoms with van der Waals surface area (Å²) in [7, 11) is 0. The lowest BCUT2D eigenvalue weighted by Gasteiger charge is -2.14. The van der Waals surface area contributed by atoms with Gasteiger partial charge >= 0.3 is 5.97 Å². The van der Waals surface area contributed by atoms with Crippen LogP contribution in [-0.2, 0) is 9.53 Å². The lowest BCUT2D eigenvalue weighted by atomic mass is 10.1. The Kier molecular flexibility index (Phi) is 4.04. The Labute approximate surface area is 128 Å². The van der Waals surface area contributed by atoms with Crippen LogP contribution in [0.25, 0.3) is 10.8 Å². The van der Waals surface area contributed by atoms with E-state index in [1.54, 1.807) is 11.1 Å². The number of amides is 1. The molecule has 22 heavy (non-hydrogen) atoms. The third-order valence-electron chi connectivity index (χ3n) is 4.01. The first-order valence-electron chi connectivity index (χ1n) is 7.46. The average Bonchev–Trinajstić information content (AvgIpc) is 2.92. The molecule has 0 spiro atoms. The second-order valence-electron chi connectivity index (χ2n) is 5.51. The SMILES string of the molecule is CCN1C[C@H](COC(=O)c2cncc3ccccc23)CC1=O. The molecule has 5 nitrogen and oxygen atoms in total. The smallest absolute Gasteiger partial charge is 0.340 e. The number of nitrogens with zero attached hydrogens (tertiary/aromatic N) is 2. The van der Waals surface area contributed by atoms with Gasteiger partial charge in [0, 0.05) is 43.2 Å². The Morgan fingerprint density at radius 2 is 2.18 bits per heavy atom. The first-order chi connectivity index (χ1) is 10.7. The third kappa shape index (κ3) is 2.79. The first kappa shape index (κ1) is 14.5. The number of carbonyl (C=O) groups excluding carboxylic acids is 2. The van der Waals surface area contributed by atoms with Crippen LogP contribution in [0.15, 0.2) is 36.7 Å². The highest BCUT2D eigenvalue weighted by Crippen LogP contribution is 2.20. The maximum Gasteiger partial charge on any atom is 0.340 e. The van der Waals surface area contributed by atoms with E-state index in [1.165, 1.54) is 6.20 Å². The Morgan fingerprint density at radius 3 is 2.95 bits per heavy atom. The van der Waals surface area contributed by atoms with Crippen molar-refractivity contribution in [3.8, 4) is 0 Å². The number of aromatic nitrogens is 1. The van der Waals surface area contributed by atoms with Gasteiger partial charge in [0.15, 0.2) is 0 Å². The molecule has 0 bridgehead atoms. The minimum atomic E-state index is -0.383. The van der Waals surface area contributed by atoms with Gasteiger partial charge in [-0.15, -0.1) is 0 Å². The highest BCUT2D eigenvalue weighted by molar-refractivity contribution is 6.03. The fourth-order valence-corrected chi connectivity index (χ4v) is 2.82. The second-order valence-corrected chi connectivity index (χ2v) is 5.51. The molecule has 1 aliphatic rings. The Balaban J connectivity index is 1.68. The molecule has 0 radical (unpaired) electrons. The van der Waals surface area contributed by atoms with Gasteiger partial charge in [-0.1, -0.05) is 24.3 Å². The van der Waals surface area contributed by atoms with E-state index in [9.17, 15) is 9.59 Å². The summed E-state index contributed by atoms with van der Waals surface area (Å²) in [5, 5.41) is 1.74. The first-order valence-corrected chi connectivity index (χ1v) is 7.46. The zero-order valence-corrected chi connectivity index (χ0v) is 12.5. The van der Waals surface area contributed by atoms with Crippen molar-refractivity contribution in [2.75, 3.05) is 19.7 Å². The topological polar surface area (TPSA) is 59.5 Å². The van der Waals surface area contributed by atoms with Crippen molar-refractivity contribution in [3.05, 3.63) is 42.2 Å². The summed E-state index contributed by atoms with van der Waals surface area (Å²) in [5.41, 5.74) is 0.467. The van der Waals surface area contributed by atoms with Crippen molar-refractivity contribution in [2.24, 2.45) is 5.92 Å². The molecule has 1 saturated heterocycles. The summed E-state index contributed by atoms with van der Waals surface area (Å²) in [6.45, 7) is 3.59. The number of hydrogen-bond donors (Lipinski definition) is 0. The minimum Gasteiger partial charge on any atom is -0.462 e. The normalized spacial score (nSPS) is 18.0. The van der Waals surface area contributed by atoms with Gasteiger partial charge in [-0.2, -0.15) is 0 Å². The van der Waals surface area contributed by atoms with Gasteiger partial charge in [0.1, 0.15) is 0 Å². The van der Waals surface area contributed by atoms with Crippen LogP contribution < -0.4 is 0 Å². The number of fused-ring (bicyclic) bond motifs is 1. The van der Waals surface area contributed by atoms with Crippen LogP contribution in [0.4, 0.5) is 0 Å². The summed E-state index contributed by atoms with van der Waals surface area (Å²) < 4.78 is 5.40. The number of benzene rings is 1. The maximum absolute atomic E-state index is 12.3. The molecule has 114 valence electrons. The Bertz CT molecular complexity index is 709. The van der Waals surface area contributed by atoms with Gasteiger partial charge in [-0.3, -0.25) is 9.78 Å². The van der Waals surface area contributed by atoms with E-state index in [0.717, 1.165) is 10.8 Å². The van der Waals surface area contributed by atoms with Crippen LogP contribution >= 0.6 is 0 Å². The maximum atomic E-state index is 12.3. The van der Waals surface area contributed by atoms with Crippen LogP contribution in [0, 0.1) is 5.92 Å². The number of carbonyl (C=O) groups is 2. The standard InChI is InChI=1S/C17H18N2O3/c1-2-19-10-12(7-16(19)20)11-22-17(21)15-9-18-8-13-5-3-4-6-14(13)15/h3-6,8-9,12H,2,7,10-11H2,1H3/t12-/m1/s1. The lowest BCUT2D eigenvalue weighted by Crippen LogP contribution is -2.25. The average molecular weight is 298 g/mol. The summed E-state index contributed by atoms with van der Waals surface area (Å²) in [4.78, 5) is 29.8. The van der Waals surface area contributed by atoms with Crippen LogP contribution in [0.2, 0.25) is 0 Å². The minimum absolute atomic E-state index is 0.0827. The van der Waals surface area contributed by atoms with Crippen LogP contribution in [0.3, 0.4) is 0 Å². The highest BCUT2D eigenvalue weighted by atomic mass is 16.5. The predicted molar refractivity (Wildman–Crippen MR) is 82.4 cm³/mol. The molecule has 5 heteroatoms. The molecule has 0 unspecified atom stereocenters. The molecule has 0 saturated carbocycles. The number of pyridine rings is 1. The molecule has 1 fully saturated rings. The van der Waals surface area contributed by atoms with Crippen LogP contribution in [0.5, 0.6) is 0 Å². The van der Waals surface area contributed by atoms with Crippen molar-refractivity contribution < 1.29 is 14.3 Å². The van der Waals surface area contributed by atoms with Gasteiger partial charge in [-0.25, -0.2) is 4.79 Å². The van der Waals surface area contributed by atoms with Crippen molar-refractivity contribution >= 4 is 22.6 Å². The number of likely N-dealkylation sites (tertiary alicyclic amines) is 1. The molecule has 0 N–H and O–H groups in total. The van der Waals surface area contributed by atoms with Crippen molar-refractivity contribution in [1.82, 2.24) is 9.88 Å². The van der Waals surface area contributed by atoms with Gasteiger partial charge in [0.2, 0.25) is 5.91 Å². The van der Waals surface area contributed by atoms with E-state index < -0.39 is 0 Å². The van der Waals surface area contributed by atoms with Crippen molar-refractivity contribution in [1.29, 1.82) is 0 Å². The fraction of sp³-hybridized carbons (Fsp3) is 0.353. The van der Waals surface area contributed by atoms with E-state index in [1.807, 2.05) is 31.2 Å². The molecule has 1 amide bonds. The molecule has 2 heterocycles. The molecule has 0 aliphatic carbocycles. The monoisotopic (exact) mass is 298 g/mol.